The number of benzene rings is 1. The quantitative estimate of drug-likeness (QED) is 0.388. The number of likely N-dealkylation sites (tertiary alicyclic amines) is 1. The standard InChI is InChI=1S/C26H28N6O3S/c1-35-22(33)11-18-10-19-24(28-15-29-25(19)36-18)32-7-5-26(14-32)4-6-31(13-26)12-16-2-3-20-17(8-16)9-21(30-20)23(27)34/h2-3,8-10,15,30H,4-7,11-14H2,1H3,(H2,27,34). The van der Waals surface area contributed by atoms with E-state index in [9.17, 15) is 9.59 Å². The molecule has 3 N–H and O–H groups in total. The van der Waals surface area contributed by atoms with Crippen molar-refractivity contribution >= 4 is 50.2 Å². The average Bonchev–Trinajstić information content (AvgIpc) is 3.64. The molecule has 6 rings (SSSR count). The highest BCUT2D eigenvalue weighted by Gasteiger charge is 2.44. The van der Waals surface area contributed by atoms with E-state index in [1.807, 2.05) is 18.2 Å². The number of rotatable bonds is 6. The third kappa shape index (κ3) is 4.20. The van der Waals surface area contributed by atoms with E-state index in [0.717, 1.165) is 77.4 Å². The lowest BCUT2D eigenvalue weighted by Crippen LogP contribution is -2.31. The lowest BCUT2D eigenvalue weighted by Gasteiger charge is -2.25. The minimum atomic E-state index is -0.442. The first-order valence-corrected chi connectivity index (χ1v) is 12.9. The van der Waals surface area contributed by atoms with E-state index in [0.29, 0.717) is 5.69 Å². The molecule has 5 heterocycles. The maximum atomic E-state index is 11.7. The van der Waals surface area contributed by atoms with Crippen LogP contribution in [-0.4, -0.2) is 65.0 Å². The number of primary amides is 1. The van der Waals surface area contributed by atoms with Gasteiger partial charge in [-0.15, -0.1) is 11.3 Å². The number of hydrogen-bond acceptors (Lipinski definition) is 8. The number of nitrogens with two attached hydrogens (primary N) is 1. The molecule has 36 heavy (non-hydrogen) atoms. The number of anilines is 1. The van der Waals surface area contributed by atoms with Gasteiger partial charge in [-0.2, -0.15) is 0 Å². The van der Waals surface area contributed by atoms with Gasteiger partial charge in [-0.1, -0.05) is 6.07 Å². The number of carbonyl (C=O) groups is 2. The summed E-state index contributed by atoms with van der Waals surface area (Å²) in [7, 11) is 1.41. The Morgan fingerprint density at radius 1 is 1.17 bits per heavy atom. The highest BCUT2D eigenvalue weighted by Crippen LogP contribution is 2.43. The first-order chi connectivity index (χ1) is 17.4. The molecular weight excluding hydrogens is 476 g/mol. The minimum Gasteiger partial charge on any atom is -0.469 e. The van der Waals surface area contributed by atoms with Crippen molar-refractivity contribution in [2.45, 2.75) is 25.8 Å². The minimum absolute atomic E-state index is 0.244. The molecule has 1 spiro atoms. The summed E-state index contributed by atoms with van der Waals surface area (Å²) in [6.45, 7) is 4.93. The Kier molecular flexibility index (Phi) is 5.65. The van der Waals surface area contributed by atoms with Gasteiger partial charge in [0, 0.05) is 47.4 Å². The number of aromatic nitrogens is 3. The first-order valence-electron chi connectivity index (χ1n) is 12.1. The third-order valence-corrected chi connectivity index (χ3v) is 8.56. The van der Waals surface area contributed by atoms with E-state index in [1.54, 1.807) is 6.33 Å². The first kappa shape index (κ1) is 22.9. The molecule has 3 aromatic heterocycles. The Morgan fingerprint density at radius 2 is 2.03 bits per heavy atom. The maximum absolute atomic E-state index is 11.7. The summed E-state index contributed by atoms with van der Waals surface area (Å²) in [4.78, 5) is 42.2. The Morgan fingerprint density at radius 3 is 2.86 bits per heavy atom. The molecule has 2 saturated heterocycles. The summed E-state index contributed by atoms with van der Waals surface area (Å²) in [6, 6.07) is 10.2. The Balaban J connectivity index is 1.15. The molecule has 9 nitrogen and oxygen atoms in total. The van der Waals surface area contributed by atoms with E-state index < -0.39 is 5.91 Å². The number of hydrogen-bond donors (Lipinski definition) is 2. The summed E-state index contributed by atoms with van der Waals surface area (Å²) in [6.07, 6.45) is 4.18. The van der Waals surface area contributed by atoms with Gasteiger partial charge in [0.15, 0.2) is 0 Å². The number of H-pyrrole nitrogens is 1. The third-order valence-electron chi connectivity index (χ3n) is 7.52. The average molecular weight is 505 g/mol. The van der Waals surface area contributed by atoms with Crippen LogP contribution in [0.15, 0.2) is 36.7 Å². The molecule has 2 aliphatic rings. The molecule has 4 aromatic rings. The summed E-state index contributed by atoms with van der Waals surface area (Å²) in [5.41, 5.74) is 8.27. The number of esters is 1. The molecule has 0 aliphatic carbocycles. The van der Waals surface area contributed by atoms with E-state index in [2.05, 4.69) is 36.9 Å². The fraction of sp³-hybridized carbons (Fsp3) is 0.385. The van der Waals surface area contributed by atoms with E-state index in [4.69, 9.17) is 10.5 Å². The normalized spacial score (nSPS) is 20.2. The fourth-order valence-corrected chi connectivity index (χ4v) is 6.70. The van der Waals surface area contributed by atoms with Gasteiger partial charge in [-0.25, -0.2) is 9.97 Å². The molecule has 186 valence electrons. The van der Waals surface area contributed by atoms with Crippen molar-refractivity contribution in [3.63, 3.8) is 0 Å². The fourth-order valence-electron chi connectivity index (χ4n) is 5.73. The van der Waals surface area contributed by atoms with Gasteiger partial charge >= 0.3 is 5.97 Å². The topological polar surface area (TPSA) is 117 Å². The highest BCUT2D eigenvalue weighted by molar-refractivity contribution is 7.18. The number of methoxy groups -OCH3 is 1. The molecule has 2 aliphatic heterocycles. The number of ether oxygens (including phenoxy) is 1. The lowest BCUT2D eigenvalue weighted by atomic mass is 9.86. The molecule has 0 bridgehead atoms. The zero-order valence-electron chi connectivity index (χ0n) is 20.1. The Hall–Kier alpha value is -3.50. The van der Waals surface area contributed by atoms with Gasteiger partial charge in [0.1, 0.15) is 22.7 Å². The van der Waals surface area contributed by atoms with Crippen LogP contribution < -0.4 is 10.6 Å². The van der Waals surface area contributed by atoms with Crippen LogP contribution in [0.5, 0.6) is 0 Å². The second-order valence-electron chi connectivity index (χ2n) is 9.98. The van der Waals surface area contributed by atoms with E-state index >= 15 is 0 Å². The van der Waals surface area contributed by atoms with Gasteiger partial charge in [0.2, 0.25) is 0 Å². The number of fused-ring (bicyclic) bond motifs is 2. The Bertz CT molecular complexity index is 1480. The van der Waals surface area contributed by atoms with Crippen LogP contribution in [0, 0.1) is 5.41 Å². The van der Waals surface area contributed by atoms with Crippen LogP contribution in [0.25, 0.3) is 21.1 Å². The molecule has 1 unspecified atom stereocenters. The number of nitrogens with zero attached hydrogens (tertiary/aromatic N) is 4. The van der Waals surface area contributed by atoms with Crippen molar-refractivity contribution in [2.75, 3.05) is 38.2 Å². The molecule has 1 aromatic carbocycles. The van der Waals surface area contributed by atoms with Crippen molar-refractivity contribution in [2.24, 2.45) is 11.1 Å². The second kappa shape index (κ2) is 8.86. The van der Waals surface area contributed by atoms with E-state index in [-0.39, 0.29) is 17.8 Å². The number of amides is 1. The Labute approximate surface area is 212 Å². The predicted octanol–water partition coefficient (Wildman–Crippen LogP) is 3.09. The molecule has 2 fully saturated rings. The van der Waals surface area contributed by atoms with Gasteiger partial charge in [-0.05, 0) is 49.2 Å². The number of nitrogens with one attached hydrogen (secondary N) is 1. The number of carbonyl (C=O) groups excluding carboxylic acids is 2. The molecule has 1 amide bonds. The van der Waals surface area contributed by atoms with Crippen molar-refractivity contribution < 1.29 is 14.3 Å². The van der Waals surface area contributed by atoms with Gasteiger partial charge in [0.25, 0.3) is 5.91 Å². The summed E-state index contributed by atoms with van der Waals surface area (Å²) < 4.78 is 4.82. The van der Waals surface area contributed by atoms with Crippen LogP contribution >= 0.6 is 11.3 Å². The predicted molar refractivity (Wildman–Crippen MR) is 139 cm³/mol. The number of aromatic amines is 1. The van der Waals surface area contributed by atoms with Crippen molar-refractivity contribution in [3.8, 4) is 0 Å². The number of thiophene rings is 1. The smallest absolute Gasteiger partial charge is 0.310 e. The monoisotopic (exact) mass is 504 g/mol. The summed E-state index contributed by atoms with van der Waals surface area (Å²) >= 11 is 1.53. The van der Waals surface area contributed by atoms with Crippen LogP contribution in [0.1, 0.15) is 33.8 Å². The molecule has 0 saturated carbocycles. The second-order valence-corrected chi connectivity index (χ2v) is 11.1. The van der Waals surface area contributed by atoms with Gasteiger partial charge < -0.3 is 20.4 Å². The lowest BCUT2D eigenvalue weighted by molar-refractivity contribution is -0.139. The maximum Gasteiger partial charge on any atom is 0.310 e. The largest absolute Gasteiger partial charge is 0.469 e. The zero-order valence-corrected chi connectivity index (χ0v) is 20.9. The highest BCUT2D eigenvalue weighted by atomic mass is 32.1. The molecular formula is C26H28N6O3S. The van der Waals surface area contributed by atoms with E-state index in [1.165, 1.54) is 24.0 Å². The SMILES string of the molecule is COC(=O)Cc1cc2c(N3CCC4(CCN(Cc5ccc6[nH]c(C(N)=O)cc6c5)C4)C3)ncnc2s1. The van der Waals surface area contributed by atoms with Crippen LogP contribution in [0.2, 0.25) is 0 Å². The van der Waals surface area contributed by atoms with Crippen LogP contribution in [0.3, 0.4) is 0 Å². The summed E-state index contributed by atoms with van der Waals surface area (Å²) in [5, 5.41) is 2.03. The molecule has 1 atom stereocenters. The van der Waals surface area contributed by atoms with Crippen molar-refractivity contribution in [1.29, 1.82) is 0 Å². The van der Waals surface area contributed by atoms with Gasteiger partial charge in [0.05, 0.1) is 18.9 Å². The molecule has 0 radical (unpaired) electrons. The van der Waals surface area contributed by atoms with Crippen LogP contribution in [0.4, 0.5) is 5.82 Å². The van der Waals surface area contributed by atoms with Crippen molar-refractivity contribution in [1.82, 2.24) is 19.9 Å². The summed E-state index contributed by atoms with van der Waals surface area (Å²) in [5.74, 6) is 0.278. The molecule has 10 heteroatoms. The van der Waals surface area contributed by atoms with Crippen molar-refractivity contribution in [3.05, 3.63) is 52.8 Å². The van der Waals surface area contributed by atoms with Crippen LogP contribution in [-0.2, 0) is 22.5 Å². The zero-order chi connectivity index (χ0) is 24.9. The van der Waals surface area contributed by atoms with Gasteiger partial charge in [-0.3, -0.25) is 14.5 Å².